The second-order valence-corrected chi connectivity index (χ2v) is 10.7. The van der Waals surface area contributed by atoms with Crippen LogP contribution in [0.4, 0.5) is 5.82 Å². The molecule has 2 atom stereocenters. The van der Waals surface area contributed by atoms with Crippen molar-refractivity contribution in [3.05, 3.63) is 16.3 Å². The van der Waals surface area contributed by atoms with Gasteiger partial charge in [0.2, 0.25) is 5.91 Å². The third-order valence-corrected chi connectivity index (χ3v) is 8.28. The van der Waals surface area contributed by atoms with Crippen molar-refractivity contribution in [2.75, 3.05) is 31.1 Å². The van der Waals surface area contributed by atoms with Crippen LogP contribution in [-0.4, -0.2) is 47.0 Å². The largest absolute Gasteiger partial charge is 0.352 e. The first kappa shape index (κ1) is 22.5. The summed E-state index contributed by atoms with van der Waals surface area (Å²) in [4.78, 5) is 29.9. The van der Waals surface area contributed by atoms with Crippen molar-refractivity contribution in [2.45, 2.75) is 85.0 Å². The smallest absolute Gasteiger partial charge is 0.222 e. The predicted octanol–water partition coefficient (Wildman–Crippen LogP) is 5.56. The van der Waals surface area contributed by atoms with Crippen molar-refractivity contribution in [1.82, 2.24) is 14.9 Å². The zero-order valence-corrected chi connectivity index (χ0v) is 20.6. The second-order valence-electron chi connectivity index (χ2n) is 9.57. The molecule has 0 aromatic carbocycles. The summed E-state index contributed by atoms with van der Waals surface area (Å²) < 4.78 is 0. The molecule has 0 bridgehead atoms. The molecule has 1 amide bonds. The van der Waals surface area contributed by atoms with Crippen molar-refractivity contribution in [3.8, 4) is 0 Å². The van der Waals surface area contributed by atoms with Gasteiger partial charge >= 0.3 is 0 Å². The van der Waals surface area contributed by atoms with E-state index < -0.39 is 0 Å². The Bertz CT molecular complexity index is 916. The number of unbranched alkanes of at least 4 members (excludes halogenated alkanes) is 2. The second kappa shape index (κ2) is 9.85. The number of aromatic nitrogens is 2. The van der Waals surface area contributed by atoms with Crippen LogP contribution in [0, 0.1) is 5.92 Å². The molecule has 1 fully saturated rings. The molecule has 0 spiro atoms. The summed E-state index contributed by atoms with van der Waals surface area (Å²) in [6.07, 6.45) is 8.64. The van der Waals surface area contributed by atoms with Gasteiger partial charge < -0.3 is 9.80 Å². The fourth-order valence-electron chi connectivity index (χ4n) is 4.82. The standard InChI is InChI=1S/C25H38N4OS/c1-5-7-8-9-21(30)28-12-14-29(15-13-28)24-22-19-11-10-17(3)16-20(19)31-25(22)27-23(26-24)18(4)6-2/h17-18H,5-16H2,1-4H3/t17-,18-/m1/s1. The van der Waals surface area contributed by atoms with Crippen LogP contribution < -0.4 is 4.90 Å². The molecule has 5 nitrogen and oxygen atoms in total. The monoisotopic (exact) mass is 442 g/mol. The number of piperazine rings is 1. The van der Waals surface area contributed by atoms with Gasteiger partial charge in [-0.1, -0.05) is 40.5 Å². The topological polar surface area (TPSA) is 49.3 Å². The lowest BCUT2D eigenvalue weighted by Gasteiger charge is -2.36. The Morgan fingerprint density at radius 3 is 2.65 bits per heavy atom. The maximum absolute atomic E-state index is 12.6. The zero-order valence-electron chi connectivity index (χ0n) is 19.7. The number of carbonyl (C=O) groups excluding carboxylic acids is 1. The van der Waals surface area contributed by atoms with E-state index in [1.54, 1.807) is 0 Å². The van der Waals surface area contributed by atoms with Gasteiger partial charge in [0.05, 0.1) is 5.39 Å². The van der Waals surface area contributed by atoms with Crippen LogP contribution >= 0.6 is 11.3 Å². The van der Waals surface area contributed by atoms with Gasteiger partial charge in [0.25, 0.3) is 0 Å². The SMILES string of the molecule is CCCCCC(=O)N1CCN(c2nc([C@H](C)CC)nc3sc4c(c23)CC[C@@H](C)C4)CC1. The van der Waals surface area contributed by atoms with Gasteiger partial charge in [-0.15, -0.1) is 11.3 Å². The number of rotatable bonds is 7. The lowest BCUT2D eigenvalue weighted by atomic mass is 9.89. The molecule has 2 aromatic rings. The van der Waals surface area contributed by atoms with Crippen LogP contribution in [0.25, 0.3) is 10.2 Å². The molecule has 2 aromatic heterocycles. The van der Waals surface area contributed by atoms with E-state index >= 15 is 0 Å². The highest BCUT2D eigenvalue weighted by atomic mass is 32.1. The molecular formula is C25H38N4OS. The number of hydrogen-bond donors (Lipinski definition) is 0. The molecule has 3 heterocycles. The van der Waals surface area contributed by atoms with E-state index in [-0.39, 0.29) is 0 Å². The molecule has 170 valence electrons. The van der Waals surface area contributed by atoms with Gasteiger partial charge in [0.1, 0.15) is 16.5 Å². The van der Waals surface area contributed by atoms with E-state index in [1.807, 2.05) is 11.3 Å². The minimum absolute atomic E-state index is 0.322. The molecule has 2 aliphatic rings. The molecule has 1 aliphatic heterocycles. The number of thiophene rings is 1. The number of aryl methyl sites for hydroxylation is 1. The van der Waals surface area contributed by atoms with Crippen LogP contribution in [0.1, 0.15) is 88.4 Å². The van der Waals surface area contributed by atoms with Gasteiger partial charge in [0.15, 0.2) is 0 Å². The summed E-state index contributed by atoms with van der Waals surface area (Å²) in [7, 11) is 0. The number of nitrogens with zero attached hydrogens (tertiary/aromatic N) is 4. The highest BCUT2D eigenvalue weighted by molar-refractivity contribution is 7.19. The highest BCUT2D eigenvalue weighted by Gasteiger charge is 2.29. The average molecular weight is 443 g/mol. The van der Waals surface area contributed by atoms with E-state index in [4.69, 9.17) is 9.97 Å². The minimum atomic E-state index is 0.322. The van der Waals surface area contributed by atoms with E-state index in [0.29, 0.717) is 18.2 Å². The first-order valence-corrected chi connectivity index (χ1v) is 13.2. The third-order valence-electron chi connectivity index (χ3n) is 7.13. The summed E-state index contributed by atoms with van der Waals surface area (Å²) in [5.41, 5.74) is 1.50. The first-order chi connectivity index (χ1) is 15.0. The van der Waals surface area contributed by atoms with Crippen molar-refractivity contribution < 1.29 is 4.79 Å². The molecule has 1 aliphatic carbocycles. The van der Waals surface area contributed by atoms with Crippen molar-refractivity contribution in [1.29, 1.82) is 0 Å². The summed E-state index contributed by atoms with van der Waals surface area (Å²) in [6, 6.07) is 0. The molecule has 6 heteroatoms. The Morgan fingerprint density at radius 2 is 1.94 bits per heavy atom. The number of fused-ring (bicyclic) bond motifs is 3. The molecular weight excluding hydrogens is 404 g/mol. The van der Waals surface area contributed by atoms with E-state index in [2.05, 4.69) is 37.5 Å². The van der Waals surface area contributed by atoms with Crippen molar-refractivity contribution >= 4 is 33.3 Å². The molecule has 0 radical (unpaired) electrons. The van der Waals surface area contributed by atoms with E-state index in [0.717, 1.165) is 75.8 Å². The van der Waals surface area contributed by atoms with E-state index in [1.165, 1.54) is 33.5 Å². The Kier molecular flexibility index (Phi) is 7.15. The Morgan fingerprint density at radius 1 is 1.16 bits per heavy atom. The Balaban J connectivity index is 1.60. The van der Waals surface area contributed by atoms with Gasteiger partial charge in [-0.3, -0.25) is 4.79 Å². The fraction of sp³-hybridized carbons (Fsp3) is 0.720. The molecule has 31 heavy (non-hydrogen) atoms. The maximum Gasteiger partial charge on any atom is 0.222 e. The predicted molar refractivity (Wildman–Crippen MR) is 130 cm³/mol. The molecule has 4 rings (SSSR count). The van der Waals surface area contributed by atoms with Gasteiger partial charge in [0, 0.05) is 43.4 Å². The lowest BCUT2D eigenvalue weighted by Crippen LogP contribution is -2.49. The summed E-state index contributed by atoms with van der Waals surface area (Å²) in [5.74, 6) is 3.55. The van der Waals surface area contributed by atoms with Gasteiger partial charge in [-0.25, -0.2) is 9.97 Å². The molecule has 0 unspecified atom stereocenters. The fourth-order valence-corrected chi connectivity index (χ4v) is 6.21. The zero-order chi connectivity index (χ0) is 22.0. The van der Waals surface area contributed by atoms with Crippen LogP contribution in [0.15, 0.2) is 0 Å². The van der Waals surface area contributed by atoms with E-state index in [9.17, 15) is 4.79 Å². The Hall–Kier alpha value is -1.69. The molecule has 0 saturated carbocycles. The summed E-state index contributed by atoms with van der Waals surface area (Å²) in [5, 5.41) is 1.31. The average Bonchev–Trinajstić information content (AvgIpc) is 3.15. The lowest BCUT2D eigenvalue weighted by molar-refractivity contribution is -0.131. The highest BCUT2D eigenvalue weighted by Crippen LogP contribution is 2.41. The molecule has 1 saturated heterocycles. The maximum atomic E-state index is 12.6. The first-order valence-electron chi connectivity index (χ1n) is 12.4. The van der Waals surface area contributed by atoms with Crippen LogP contribution in [0.3, 0.4) is 0 Å². The minimum Gasteiger partial charge on any atom is -0.352 e. The van der Waals surface area contributed by atoms with Crippen molar-refractivity contribution in [2.24, 2.45) is 5.92 Å². The number of anilines is 1. The number of carbonyl (C=O) groups is 1. The van der Waals surface area contributed by atoms with Crippen molar-refractivity contribution in [3.63, 3.8) is 0 Å². The van der Waals surface area contributed by atoms with Crippen LogP contribution in [0.5, 0.6) is 0 Å². The van der Waals surface area contributed by atoms with Crippen LogP contribution in [0.2, 0.25) is 0 Å². The van der Waals surface area contributed by atoms with Gasteiger partial charge in [-0.2, -0.15) is 0 Å². The summed E-state index contributed by atoms with van der Waals surface area (Å²) >= 11 is 1.90. The summed E-state index contributed by atoms with van der Waals surface area (Å²) in [6.45, 7) is 12.3. The molecule has 0 N–H and O–H groups in total. The van der Waals surface area contributed by atoms with Gasteiger partial charge in [-0.05, 0) is 43.6 Å². The Labute approximate surface area is 191 Å². The quantitative estimate of drug-likeness (QED) is 0.527. The normalized spacial score (nSPS) is 20.2. The van der Waals surface area contributed by atoms with Crippen LogP contribution in [-0.2, 0) is 17.6 Å². The number of amides is 1. The third kappa shape index (κ3) is 4.74. The number of hydrogen-bond acceptors (Lipinski definition) is 5.